The third-order valence-corrected chi connectivity index (χ3v) is 3.78. The zero-order valence-electron chi connectivity index (χ0n) is 10.7. The first kappa shape index (κ1) is 12.9. The minimum absolute atomic E-state index is 0.602. The van der Waals surface area contributed by atoms with Gasteiger partial charge in [0.2, 0.25) is 0 Å². The lowest BCUT2D eigenvalue weighted by Gasteiger charge is -2.08. The van der Waals surface area contributed by atoms with E-state index in [2.05, 4.69) is 29.0 Å². The molecule has 94 valence electrons. The molecule has 2 aromatic rings. The summed E-state index contributed by atoms with van der Waals surface area (Å²) in [6, 6.07) is 10.2. The monoisotopic (exact) mass is 259 g/mol. The second-order valence-corrected chi connectivity index (χ2v) is 5.10. The number of rotatable bonds is 4. The molecular weight excluding hydrogens is 242 g/mol. The molecule has 0 amide bonds. The molecular formula is C14H17N3S. The van der Waals surface area contributed by atoms with Crippen molar-refractivity contribution in [3.63, 3.8) is 0 Å². The van der Waals surface area contributed by atoms with E-state index in [4.69, 9.17) is 5.73 Å². The van der Waals surface area contributed by atoms with E-state index in [1.54, 1.807) is 11.8 Å². The molecule has 1 aromatic heterocycles. The number of hydrogen-bond acceptors (Lipinski definition) is 4. The number of thioether (sulfide) groups is 1. The number of hydrogen-bond donors (Lipinski definition) is 1. The van der Waals surface area contributed by atoms with Crippen LogP contribution in [-0.4, -0.2) is 9.97 Å². The highest BCUT2D eigenvalue weighted by atomic mass is 32.2. The van der Waals surface area contributed by atoms with Gasteiger partial charge >= 0.3 is 0 Å². The summed E-state index contributed by atoms with van der Waals surface area (Å²) in [5.74, 6) is 2.16. The maximum absolute atomic E-state index is 5.91. The van der Waals surface area contributed by atoms with Crippen molar-refractivity contribution < 1.29 is 0 Å². The molecule has 0 aliphatic rings. The van der Waals surface area contributed by atoms with Gasteiger partial charge in [0.1, 0.15) is 11.6 Å². The van der Waals surface area contributed by atoms with E-state index < -0.39 is 0 Å². The predicted octanol–water partition coefficient (Wildman–Crippen LogP) is 3.22. The standard InChI is InChI=1S/C14H17N3S/c1-3-12-10(2)14(15)17-13(16-12)9-18-11-7-5-4-6-8-11/h4-8H,3,9H2,1-2H3,(H2,15,16,17). The Morgan fingerprint density at radius 2 is 1.89 bits per heavy atom. The Bertz CT molecular complexity index is 526. The lowest BCUT2D eigenvalue weighted by molar-refractivity contribution is 0.924. The average molecular weight is 259 g/mol. The maximum Gasteiger partial charge on any atom is 0.141 e. The Balaban J connectivity index is 2.13. The molecule has 4 heteroatoms. The van der Waals surface area contributed by atoms with Crippen molar-refractivity contribution in [2.45, 2.75) is 30.9 Å². The number of benzene rings is 1. The number of nitrogens with zero attached hydrogens (tertiary/aromatic N) is 2. The number of anilines is 1. The van der Waals surface area contributed by atoms with Crippen LogP contribution in [0.5, 0.6) is 0 Å². The Hall–Kier alpha value is -1.55. The molecule has 0 unspecified atom stereocenters. The number of nitrogens with two attached hydrogens (primary N) is 1. The van der Waals surface area contributed by atoms with Crippen molar-refractivity contribution in [3.8, 4) is 0 Å². The summed E-state index contributed by atoms with van der Waals surface area (Å²) < 4.78 is 0. The van der Waals surface area contributed by atoms with Crippen LogP contribution in [0.25, 0.3) is 0 Å². The second kappa shape index (κ2) is 5.87. The minimum Gasteiger partial charge on any atom is -0.383 e. The fourth-order valence-corrected chi connectivity index (χ4v) is 2.48. The third-order valence-electron chi connectivity index (χ3n) is 2.78. The van der Waals surface area contributed by atoms with Crippen molar-refractivity contribution in [3.05, 3.63) is 47.4 Å². The lowest BCUT2D eigenvalue weighted by Crippen LogP contribution is -2.05. The topological polar surface area (TPSA) is 51.8 Å². The van der Waals surface area contributed by atoms with Gasteiger partial charge in [-0.1, -0.05) is 25.1 Å². The molecule has 2 rings (SSSR count). The highest BCUT2D eigenvalue weighted by Gasteiger charge is 2.07. The van der Waals surface area contributed by atoms with Crippen LogP contribution in [-0.2, 0) is 12.2 Å². The van der Waals surface area contributed by atoms with E-state index in [9.17, 15) is 0 Å². The van der Waals surface area contributed by atoms with Crippen LogP contribution < -0.4 is 5.73 Å². The highest BCUT2D eigenvalue weighted by Crippen LogP contribution is 2.22. The first-order valence-corrected chi connectivity index (χ1v) is 6.99. The SMILES string of the molecule is CCc1nc(CSc2ccccc2)nc(N)c1C. The van der Waals surface area contributed by atoms with E-state index in [0.29, 0.717) is 5.82 Å². The van der Waals surface area contributed by atoms with Crippen molar-refractivity contribution in [2.75, 3.05) is 5.73 Å². The first-order valence-electron chi connectivity index (χ1n) is 6.00. The van der Waals surface area contributed by atoms with Gasteiger partial charge in [0.15, 0.2) is 0 Å². The van der Waals surface area contributed by atoms with Crippen molar-refractivity contribution in [1.29, 1.82) is 0 Å². The molecule has 0 fully saturated rings. The summed E-state index contributed by atoms with van der Waals surface area (Å²) in [5.41, 5.74) is 7.96. The quantitative estimate of drug-likeness (QED) is 0.857. The van der Waals surface area contributed by atoms with Crippen LogP contribution in [0.15, 0.2) is 35.2 Å². The molecule has 1 heterocycles. The van der Waals surface area contributed by atoms with E-state index in [1.807, 2.05) is 25.1 Å². The molecule has 0 spiro atoms. The van der Waals surface area contributed by atoms with Crippen LogP contribution in [0.2, 0.25) is 0 Å². The Kier molecular flexibility index (Phi) is 4.20. The van der Waals surface area contributed by atoms with Crippen molar-refractivity contribution in [2.24, 2.45) is 0 Å². The molecule has 18 heavy (non-hydrogen) atoms. The Morgan fingerprint density at radius 1 is 1.17 bits per heavy atom. The molecule has 0 saturated heterocycles. The number of aromatic nitrogens is 2. The molecule has 0 aliphatic carbocycles. The molecule has 0 atom stereocenters. The highest BCUT2D eigenvalue weighted by molar-refractivity contribution is 7.98. The summed E-state index contributed by atoms with van der Waals surface area (Å²) >= 11 is 1.73. The van der Waals surface area contributed by atoms with Gasteiger partial charge in [-0.05, 0) is 25.5 Å². The Labute approximate surface area is 112 Å². The lowest BCUT2D eigenvalue weighted by atomic mass is 10.2. The smallest absolute Gasteiger partial charge is 0.141 e. The summed E-state index contributed by atoms with van der Waals surface area (Å²) in [7, 11) is 0. The second-order valence-electron chi connectivity index (χ2n) is 4.05. The first-order chi connectivity index (χ1) is 8.70. The minimum atomic E-state index is 0.602. The van der Waals surface area contributed by atoms with E-state index >= 15 is 0 Å². The zero-order chi connectivity index (χ0) is 13.0. The van der Waals surface area contributed by atoms with Gasteiger partial charge in [0.25, 0.3) is 0 Å². The van der Waals surface area contributed by atoms with Crippen LogP contribution in [0.4, 0.5) is 5.82 Å². The molecule has 0 radical (unpaired) electrons. The summed E-state index contributed by atoms with van der Waals surface area (Å²) in [6.07, 6.45) is 0.890. The zero-order valence-corrected chi connectivity index (χ0v) is 11.5. The molecule has 0 aliphatic heterocycles. The van der Waals surface area contributed by atoms with Crippen LogP contribution in [0.3, 0.4) is 0 Å². The van der Waals surface area contributed by atoms with Gasteiger partial charge in [-0.15, -0.1) is 11.8 Å². The fraction of sp³-hybridized carbons (Fsp3) is 0.286. The Morgan fingerprint density at radius 3 is 2.56 bits per heavy atom. The normalized spacial score (nSPS) is 10.6. The molecule has 0 bridgehead atoms. The van der Waals surface area contributed by atoms with Gasteiger partial charge < -0.3 is 5.73 Å². The van der Waals surface area contributed by atoms with Crippen molar-refractivity contribution >= 4 is 17.6 Å². The summed E-state index contributed by atoms with van der Waals surface area (Å²) in [4.78, 5) is 10.1. The van der Waals surface area contributed by atoms with E-state index in [-0.39, 0.29) is 0 Å². The molecule has 2 N–H and O–H groups in total. The van der Waals surface area contributed by atoms with Gasteiger partial charge in [0.05, 0.1) is 5.75 Å². The largest absolute Gasteiger partial charge is 0.383 e. The van der Waals surface area contributed by atoms with Crippen LogP contribution in [0, 0.1) is 6.92 Å². The van der Waals surface area contributed by atoms with Gasteiger partial charge in [-0.3, -0.25) is 0 Å². The molecule has 0 saturated carbocycles. The van der Waals surface area contributed by atoms with Gasteiger partial charge in [-0.25, -0.2) is 9.97 Å². The number of nitrogen functional groups attached to an aromatic ring is 1. The van der Waals surface area contributed by atoms with E-state index in [0.717, 1.165) is 29.3 Å². The van der Waals surface area contributed by atoms with Crippen LogP contribution in [0.1, 0.15) is 24.0 Å². The third kappa shape index (κ3) is 3.01. The predicted molar refractivity (Wildman–Crippen MR) is 76.6 cm³/mol. The summed E-state index contributed by atoms with van der Waals surface area (Å²) in [6.45, 7) is 4.06. The van der Waals surface area contributed by atoms with Crippen LogP contribution >= 0.6 is 11.8 Å². The summed E-state index contributed by atoms with van der Waals surface area (Å²) in [5, 5.41) is 0. The van der Waals surface area contributed by atoms with Gasteiger partial charge in [0, 0.05) is 16.2 Å². The fourth-order valence-electron chi connectivity index (χ4n) is 1.71. The van der Waals surface area contributed by atoms with Crippen molar-refractivity contribution in [1.82, 2.24) is 9.97 Å². The van der Waals surface area contributed by atoms with Gasteiger partial charge in [-0.2, -0.15) is 0 Å². The average Bonchev–Trinajstić information content (AvgIpc) is 2.41. The number of aryl methyl sites for hydroxylation is 1. The maximum atomic E-state index is 5.91. The molecule has 1 aromatic carbocycles. The van der Waals surface area contributed by atoms with E-state index in [1.165, 1.54) is 4.90 Å². The molecule has 3 nitrogen and oxygen atoms in total.